The van der Waals surface area contributed by atoms with Gasteiger partial charge in [0.15, 0.2) is 0 Å². The first-order valence-corrected chi connectivity index (χ1v) is 5.26. The molecule has 1 aromatic heterocycles. The van der Waals surface area contributed by atoms with Gasteiger partial charge in [0.05, 0.1) is 4.92 Å². The summed E-state index contributed by atoms with van der Waals surface area (Å²) in [5, 5.41) is 22.5. The number of rotatable bonds is 3. The van der Waals surface area contributed by atoms with Gasteiger partial charge in [0, 0.05) is 19.6 Å². The van der Waals surface area contributed by atoms with Crippen LogP contribution in [0.4, 0.5) is 11.6 Å². The minimum Gasteiger partial charge on any atom is -0.480 e. The van der Waals surface area contributed by atoms with Crippen LogP contribution in [0.25, 0.3) is 0 Å². The lowest BCUT2D eigenvalue weighted by atomic mass is 10.2. The summed E-state index contributed by atoms with van der Waals surface area (Å²) in [5.41, 5.74) is -0.222. The van der Waals surface area contributed by atoms with E-state index in [2.05, 4.69) is 15.3 Å². The van der Waals surface area contributed by atoms with Gasteiger partial charge >= 0.3 is 11.7 Å². The van der Waals surface area contributed by atoms with Crippen LogP contribution in [-0.2, 0) is 4.79 Å². The first kappa shape index (κ1) is 12.2. The van der Waals surface area contributed by atoms with Crippen molar-refractivity contribution in [3.63, 3.8) is 0 Å². The number of aromatic nitrogens is 2. The Morgan fingerprint density at radius 1 is 1.56 bits per heavy atom. The molecule has 18 heavy (non-hydrogen) atoms. The maximum atomic E-state index is 11.1. The van der Waals surface area contributed by atoms with Gasteiger partial charge in [-0.25, -0.2) is 14.8 Å². The summed E-state index contributed by atoms with van der Waals surface area (Å²) in [6.07, 6.45) is 2.15. The van der Waals surface area contributed by atoms with E-state index in [-0.39, 0.29) is 18.2 Å². The quantitative estimate of drug-likeness (QED) is 0.533. The Bertz CT molecular complexity index is 463. The molecule has 0 radical (unpaired) electrons. The summed E-state index contributed by atoms with van der Waals surface area (Å²) in [6.45, 7) is 1.34. The fourth-order valence-corrected chi connectivity index (χ4v) is 1.72. The van der Waals surface area contributed by atoms with Gasteiger partial charge in [-0.1, -0.05) is 0 Å². The van der Waals surface area contributed by atoms with Gasteiger partial charge in [0.25, 0.3) is 0 Å². The van der Waals surface area contributed by atoms with Crippen LogP contribution >= 0.6 is 0 Å². The van der Waals surface area contributed by atoms with Crippen LogP contribution in [0.15, 0.2) is 12.4 Å². The van der Waals surface area contributed by atoms with Gasteiger partial charge in [0.2, 0.25) is 5.95 Å². The molecule has 1 unspecified atom stereocenters. The van der Waals surface area contributed by atoms with E-state index in [1.165, 1.54) is 4.90 Å². The Morgan fingerprint density at radius 3 is 2.78 bits per heavy atom. The lowest BCUT2D eigenvalue weighted by Crippen LogP contribution is -2.55. The summed E-state index contributed by atoms with van der Waals surface area (Å²) >= 11 is 0. The van der Waals surface area contributed by atoms with Crippen LogP contribution in [0, 0.1) is 10.1 Å². The molecule has 2 rings (SSSR count). The van der Waals surface area contributed by atoms with Crippen LogP contribution in [0.2, 0.25) is 0 Å². The number of hydrogen-bond donors (Lipinski definition) is 2. The maximum absolute atomic E-state index is 11.1. The molecule has 1 aromatic rings. The number of nitrogens with one attached hydrogen (secondary N) is 1. The normalized spacial score (nSPS) is 19.6. The standard InChI is InChI=1S/C9H11N5O4/c15-8(16)7-5-10-1-2-13(7)9-11-3-6(4-12-9)14(17)18/h3-4,7,10H,1-2,5H2,(H,15,16). The second kappa shape index (κ2) is 4.92. The summed E-state index contributed by atoms with van der Waals surface area (Å²) in [5.74, 6) is -0.793. The Labute approximate surface area is 102 Å². The average molecular weight is 253 g/mol. The highest BCUT2D eigenvalue weighted by molar-refractivity contribution is 5.78. The largest absolute Gasteiger partial charge is 0.480 e. The minimum atomic E-state index is -0.982. The number of anilines is 1. The van der Waals surface area contributed by atoms with E-state index in [4.69, 9.17) is 5.11 Å². The first-order valence-electron chi connectivity index (χ1n) is 5.26. The molecule has 9 heteroatoms. The smallest absolute Gasteiger partial charge is 0.327 e. The fraction of sp³-hybridized carbons (Fsp3) is 0.444. The molecule has 96 valence electrons. The monoisotopic (exact) mass is 253 g/mol. The zero-order valence-corrected chi connectivity index (χ0v) is 9.31. The number of carbonyl (C=O) groups is 1. The molecule has 2 N–H and O–H groups in total. The van der Waals surface area contributed by atoms with Crippen LogP contribution in [0.5, 0.6) is 0 Å². The van der Waals surface area contributed by atoms with Crippen LogP contribution in [0.1, 0.15) is 0 Å². The Morgan fingerprint density at radius 2 is 2.22 bits per heavy atom. The molecule has 0 aromatic carbocycles. The summed E-state index contributed by atoms with van der Waals surface area (Å²) in [7, 11) is 0. The van der Waals surface area contributed by atoms with Crippen molar-refractivity contribution in [2.45, 2.75) is 6.04 Å². The first-order chi connectivity index (χ1) is 8.59. The van der Waals surface area contributed by atoms with Gasteiger partial charge in [-0.15, -0.1) is 0 Å². The Hall–Kier alpha value is -2.29. The molecule has 0 aliphatic carbocycles. The predicted molar refractivity (Wildman–Crippen MR) is 60.3 cm³/mol. The van der Waals surface area contributed by atoms with E-state index in [1.807, 2.05) is 0 Å². The molecule has 2 heterocycles. The molecule has 0 bridgehead atoms. The maximum Gasteiger partial charge on any atom is 0.327 e. The predicted octanol–water partition coefficient (Wildman–Crippen LogP) is -0.752. The summed E-state index contributed by atoms with van der Waals surface area (Å²) in [6, 6.07) is -0.764. The fourth-order valence-electron chi connectivity index (χ4n) is 1.72. The topological polar surface area (TPSA) is 121 Å². The SMILES string of the molecule is O=C(O)C1CNCCN1c1ncc([N+](=O)[O-])cn1. The van der Waals surface area contributed by atoms with Crippen LogP contribution in [-0.4, -0.2) is 51.6 Å². The van der Waals surface area contributed by atoms with Crippen molar-refractivity contribution in [1.29, 1.82) is 0 Å². The molecule has 0 amide bonds. The third-order valence-corrected chi connectivity index (χ3v) is 2.62. The molecule has 1 fully saturated rings. The highest BCUT2D eigenvalue weighted by Crippen LogP contribution is 2.15. The van der Waals surface area contributed by atoms with E-state index in [1.54, 1.807) is 0 Å². The second-order valence-electron chi connectivity index (χ2n) is 3.75. The molecule has 0 saturated carbocycles. The van der Waals surface area contributed by atoms with Crippen molar-refractivity contribution in [3.05, 3.63) is 22.5 Å². The molecular weight excluding hydrogens is 242 g/mol. The zero-order chi connectivity index (χ0) is 13.1. The number of carboxylic acid groups (broad SMARTS) is 1. The molecule has 9 nitrogen and oxygen atoms in total. The van der Waals surface area contributed by atoms with E-state index in [0.29, 0.717) is 13.1 Å². The average Bonchev–Trinajstić information content (AvgIpc) is 2.39. The molecular formula is C9H11N5O4. The number of nitrogens with zero attached hydrogens (tertiary/aromatic N) is 4. The Kier molecular flexibility index (Phi) is 3.33. The van der Waals surface area contributed by atoms with Crippen LogP contribution in [0.3, 0.4) is 0 Å². The number of piperazine rings is 1. The van der Waals surface area contributed by atoms with Crippen molar-refractivity contribution in [1.82, 2.24) is 15.3 Å². The van der Waals surface area contributed by atoms with E-state index in [9.17, 15) is 14.9 Å². The van der Waals surface area contributed by atoms with Gasteiger partial charge in [0.1, 0.15) is 18.4 Å². The van der Waals surface area contributed by atoms with E-state index < -0.39 is 16.9 Å². The molecule has 1 saturated heterocycles. The molecule has 1 aliphatic heterocycles. The van der Waals surface area contributed by atoms with Crippen molar-refractivity contribution >= 4 is 17.6 Å². The highest BCUT2D eigenvalue weighted by atomic mass is 16.6. The number of carboxylic acids is 1. The van der Waals surface area contributed by atoms with Crippen LogP contribution < -0.4 is 10.2 Å². The number of nitro groups is 1. The van der Waals surface area contributed by atoms with Gasteiger partial charge < -0.3 is 15.3 Å². The second-order valence-corrected chi connectivity index (χ2v) is 3.75. The van der Waals surface area contributed by atoms with Crippen molar-refractivity contribution in [3.8, 4) is 0 Å². The minimum absolute atomic E-state index is 0.189. The zero-order valence-electron chi connectivity index (χ0n) is 9.31. The third-order valence-electron chi connectivity index (χ3n) is 2.62. The molecule has 1 aliphatic rings. The summed E-state index contributed by atoms with van der Waals surface area (Å²) < 4.78 is 0. The van der Waals surface area contributed by atoms with Gasteiger partial charge in [-0.05, 0) is 0 Å². The third kappa shape index (κ3) is 2.35. The van der Waals surface area contributed by atoms with Crippen molar-refractivity contribution < 1.29 is 14.8 Å². The van der Waals surface area contributed by atoms with E-state index in [0.717, 1.165) is 12.4 Å². The molecule has 1 atom stereocenters. The highest BCUT2D eigenvalue weighted by Gasteiger charge is 2.30. The number of hydrogen-bond acceptors (Lipinski definition) is 7. The van der Waals surface area contributed by atoms with Gasteiger partial charge in [-0.3, -0.25) is 10.1 Å². The summed E-state index contributed by atoms with van der Waals surface area (Å²) in [4.78, 5) is 30.1. The van der Waals surface area contributed by atoms with E-state index >= 15 is 0 Å². The van der Waals surface area contributed by atoms with Crippen molar-refractivity contribution in [2.24, 2.45) is 0 Å². The number of aliphatic carboxylic acids is 1. The lowest BCUT2D eigenvalue weighted by molar-refractivity contribution is -0.385. The van der Waals surface area contributed by atoms with Crippen molar-refractivity contribution in [2.75, 3.05) is 24.5 Å². The Balaban J connectivity index is 2.23. The van der Waals surface area contributed by atoms with Gasteiger partial charge in [-0.2, -0.15) is 0 Å². The molecule has 0 spiro atoms. The lowest BCUT2D eigenvalue weighted by Gasteiger charge is -2.33.